The Morgan fingerprint density at radius 3 is 2.34 bits per heavy atom. The van der Waals surface area contributed by atoms with Crippen LogP contribution in [-0.2, 0) is 31.6 Å². The number of nitrogens with zero attached hydrogens (tertiary/aromatic N) is 1. The quantitative estimate of drug-likeness (QED) is 0.124. The van der Waals surface area contributed by atoms with Gasteiger partial charge in [-0.1, -0.05) is 0 Å². The van der Waals surface area contributed by atoms with Gasteiger partial charge in [-0.3, -0.25) is 18.9 Å². The van der Waals surface area contributed by atoms with Gasteiger partial charge in [0, 0.05) is 18.7 Å². The van der Waals surface area contributed by atoms with Crippen LogP contribution in [0.1, 0.15) is 12.6 Å². The molecule has 2 heterocycles. The average molecular weight is 594 g/mol. The maximum atomic E-state index is 11.8. The number of aromatic amines is 1. The number of aromatic nitrogens is 2. The first-order valence-electron chi connectivity index (χ1n) is 7.20. The molecule has 1 aliphatic rings. The summed E-state index contributed by atoms with van der Waals surface area (Å²) in [5, 5.41) is 10.1. The Labute approximate surface area is 174 Å². The van der Waals surface area contributed by atoms with Gasteiger partial charge in [-0.25, -0.2) is 18.5 Å². The van der Waals surface area contributed by atoms with Crippen LogP contribution in [0.3, 0.4) is 0 Å². The number of phosphoric acid groups is 3. The number of ether oxygens (including phenoxy) is 1. The summed E-state index contributed by atoms with van der Waals surface area (Å²) in [6, 6.07) is 1.03. The molecule has 29 heavy (non-hydrogen) atoms. The second-order valence-electron chi connectivity index (χ2n) is 5.42. The first-order chi connectivity index (χ1) is 13.1. The molecule has 1 aliphatic heterocycles. The minimum absolute atomic E-state index is 0.185. The van der Waals surface area contributed by atoms with Crippen LogP contribution in [0.25, 0.3) is 0 Å². The molecule has 16 nitrogen and oxygen atoms in total. The van der Waals surface area contributed by atoms with Crippen molar-refractivity contribution < 1.29 is 56.3 Å². The van der Waals surface area contributed by atoms with E-state index in [0.717, 1.165) is 16.8 Å². The van der Waals surface area contributed by atoms with Crippen molar-refractivity contribution in [2.24, 2.45) is 0 Å². The van der Waals surface area contributed by atoms with Crippen molar-refractivity contribution >= 4 is 46.1 Å². The SMILES string of the molecule is O=c1ccn([C@H]2C[C@H](O)[C@@H](C(I)OP(=O)(O)OP(=O)(O)OP(=O)(O)O)O2)c(=O)[nH]1. The molecular formula is C9H14IN2O14P3. The molecule has 20 heteroatoms. The van der Waals surface area contributed by atoms with Crippen LogP contribution in [-0.4, -0.2) is 50.5 Å². The summed E-state index contributed by atoms with van der Waals surface area (Å²) >= 11 is 1.38. The number of hydrogen-bond acceptors (Lipinski definition) is 10. The largest absolute Gasteiger partial charge is 0.490 e. The molecule has 0 amide bonds. The smallest absolute Gasteiger partial charge is 0.390 e. The second kappa shape index (κ2) is 9.08. The number of halogens is 1. The fourth-order valence-electron chi connectivity index (χ4n) is 2.22. The third-order valence-electron chi connectivity index (χ3n) is 3.21. The first kappa shape index (κ1) is 25.0. The molecule has 2 rings (SSSR count). The number of H-pyrrole nitrogens is 1. The third kappa shape index (κ3) is 7.43. The molecule has 0 aromatic carbocycles. The topological polar surface area (TPSA) is 244 Å². The Kier molecular flexibility index (Phi) is 7.83. The lowest BCUT2D eigenvalue weighted by molar-refractivity contribution is -0.0505. The van der Waals surface area contributed by atoms with Crippen LogP contribution >= 0.6 is 46.1 Å². The van der Waals surface area contributed by atoms with Crippen LogP contribution in [0.4, 0.5) is 0 Å². The lowest BCUT2D eigenvalue weighted by Gasteiger charge is -2.23. The van der Waals surface area contributed by atoms with E-state index in [2.05, 4.69) is 13.1 Å². The summed E-state index contributed by atoms with van der Waals surface area (Å²) in [6.07, 6.45) is -2.85. The van der Waals surface area contributed by atoms with E-state index in [1.165, 1.54) is 22.6 Å². The van der Waals surface area contributed by atoms with Gasteiger partial charge >= 0.3 is 29.2 Å². The maximum Gasteiger partial charge on any atom is 0.490 e. The van der Waals surface area contributed by atoms with Gasteiger partial charge in [0.1, 0.15) is 16.4 Å². The number of nitrogens with one attached hydrogen (secondary N) is 1. The van der Waals surface area contributed by atoms with Crippen LogP contribution in [0.2, 0.25) is 0 Å². The Balaban J connectivity index is 2.08. The standard InChI is InChI=1S/C9H14IN2O14P3/c10-8(24-28(19,20)26-29(21,22)25-27(16,17)18)7-4(13)3-6(23-7)12-2-1-5(14)11-9(12)15/h1-2,4,6-8,13H,3H2,(H,19,20)(H,21,22)(H,11,14,15)(H2,16,17,18)/t4-,6+,7-,8?/m0/s1. The summed E-state index contributed by atoms with van der Waals surface area (Å²) in [5.41, 5.74) is -1.51. The van der Waals surface area contributed by atoms with E-state index in [1.54, 1.807) is 0 Å². The number of alkyl halides is 1. The highest BCUT2D eigenvalue weighted by Gasteiger charge is 2.46. The Morgan fingerprint density at radius 1 is 1.17 bits per heavy atom. The molecule has 0 bridgehead atoms. The molecule has 0 spiro atoms. The molecule has 1 saturated heterocycles. The summed E-state index contributed by atoms with van der Waals surface area (Å²) in [5.74, 6) is 0. The summed E-state index contributed by atoms with van der Waals surface area (Å²) in [6.45, 7) is 0. The highest BCUT2D eigenvalue weighted by atomic mass is 127. The van der Waals surface area contributed by atoms with Gasteiger partial charge in [0.15, 0.2) is 0 Å². The number of hydrogen-bond donors (Lipinski definition) is 6. The normalized spacial score (nSPS) is 27.9. The van der Waals surface area contributed by atoms with Gasteiger partial charge in [-0.05, 0) is 22.6 Å². The Morgan fingerprint density at radius 2 is 1.79 bits per heavy atom. The van der Waals surface area contributed by atoms with E-state index in [1.807, 2.05) is 4.98 Å². The zero-order chi connectivity index (χ0) is 22.2. The molecule has 3 unspecified atom stereocenters. The van der Waals surface area contributed by atoms with Gasteiger partial charge in [-0.15, -0.1) is 0 Å². The molecule has 1 aromatic rings. The zero-order valence-electron chi connectivity index (χ0n) is 13.7. The van der Waals surface area contributed by atoms with E-state index in [0.29, 0.717) is 0 Å². The minimum atomic E-state index is -5.70. The van der Waals surface area contributed by atoms with Crippen molar-refractivity contribution in [1.82, 2.24) is 9.55 Å². The Hall–Kier alpha value is -0.260. The fraction of sp³-hybridized carbons (Fsp3) is 0.556. The monoisotopic (exact) mass is 594 g/mol. The lowest BCUT2D eigenvalue weighted by Crippen LogP contribution is -2.33. The van der Waals surface area contributed by atoms with Gasteiger partial charge < -0.3 is 29.4 Å². The predicted octanol–water partition coefficient (Wildman–Crippen LogP) is -0.711. The molecule has 1 aromatic heterocycles. The van der Waals surface area contributed by atoms with Gasteiger partial charge in [-0.2, -0.15) is 8.62 Å². The minimum Gasteiger partial charge on any atom is -0.390 e. The summed E-state index contributed by atoms with van der Waals surface area (Å²) < 4.78 is 50.3. The summed E-state index contributed by atoms with van der Waals surface area (Å²) in [7, 11) is -16.7. The van der Waals surface area contributed by atoms with Gasteiger partial charge in [0.25, 0.3) is 5.56 Å². The van der Waals surface area contributed by atoms with Crippen molar-refractivity contribution in [1.29, 1.82) is 0 Å². The highest BCUT2D eigenvalue weighted by Crippen LogP contribution is 2.67. The van der Waals surface area contributed by atoms with E-state index in [9.17, 15) is 33.3 Å². The molecule has 166 valence electrons. The molecule has 6 N–H and O–H groups in total. The number of phosphoric ester groups is 1. The summed E-state index contributed by atoms with van der Waals surface area (Å²) in [4.78, 5) is 60.5. The predicted molar refractivity (Wildman–Crippen MR) is 98.6 cm³/mol. The molecule has 1 fully saturated rings. The van der Waals surface area contributed by atoms with Crippen molar-refractivity contribution in [2.45, 2.75) is 29.0 Å². The second-order valence-corrected chi connectivity index (χ2v) is 11.0. The molecule has 0 radical (unpaired) electrons. The van der Waals surface area contributed by atoms with E-state index >= 15 is 0 Å². The van der Waals surface area contributed by atoms with Gasteiger partial charge in [0.05, 0.1) is 6.10 Å². The molecule has 0 saturated carbocycles. The lowest BCUT2D eigenvalue weighted by atomic mass is 10.2. The molecule has 0 aliphatic carbocycles. The average Bonchev–Trinajstić information content (AvgIpc) is 2.84. The number of aliphatic hydroxyl groups excluding tert-OH is 1. The maximum absolute atomic E-state index is 11.8. The van der Waals surface area contributed by atoms with E-state index in [-0.39, 0.29) is 6.42 Å². The third-order valence-corrected chi connectivity index (χ3v) is 8.39. The van der Waals surface area contributed by atoms with Gasteiger partial charge in [0.2, 0.25) is 0 Å². The van der Waals surface area contributed by atoms with E-state index in [4.69, 9.17) is 19.4 Å². The zero-order valence-corrected chi connectivity index (χ0v) is 18.6. The Bertz CT molecular complexity index is 1000. The molecular weight excluding hydrogens is 580 g/mol. The van der Waals surface area contributed by atoms with Crippen molar-refractivity contribution in [3.05, 3.63) is 33.1 Å². The highest BCUT2D eigenvalue weighted by molar-refractivity contribution is 14.1. The number of aliphatic hydroxyl groups is 1. The first-order valence-corrected chi connectivity index (χ1v) is 13.0. The van der Waals surface area contributed by atoms with Crippen LogP contribution < -0.4 is 11.2 Å². The van der Waals surface area contributed by atoms with Crippen LogP contribution in [0.5, 0.6) is 0 Å². The fourth-order valence-corrected chi connectivity index (χ4v) is 6.77. The van der Waals surface area contributed by atoms with Crippen molar-refractivity contribution in [3.8, 4) is 0 Å². The van der Waals surface area contributed by atoms with Crippen LogP contribution in [0.15, 0.2) is 21.9 Å². The van der Waals surface area contributed by atoms with Crippen LogP contribution in [0, 0.1) is 0 Å². The number of rotatable bonds is 8. The van der Waals surface area contributed by atoms with Crippen molar-refractivity contribution in [3.63, 3.8) is 0 Å². The van der Waals surface area contributed by atoms with E-state index < -0.39 is 57.3 Å². The molecule has 6 atom stereocenters. The van der Waals surface area contributed by atoms with Crippen molar-refractivity contribution in [2.75, 3.05) is 0 Å².